The third-order valence-corrected chi connectivity index (χ3v) is 3.25. The number of aromatic nitrogens is 4. The van der Waals surface area contributed by atoms with Crippen molar-refractivity contribution in [2.24, 2.45) is 0 Å². The maximum atomic E-state index is 10.8. The maximum absolute atomic E-state index is 10.8. The minimum Gasteiger partial charge on any atom is -0.475 e. The molecule has 2 aromatic rings. The van der Waals surface area contributed by atoms with Crippen LogP contribution in [-0.2, 0) is 0 Å². The molecule has 1 saturated carbocycles. The molecule has 98 valence electrons. The summed E-state index contributed by atoms with van der Waals surface area (Å²) in [5.74, 6) is 0.236. The maximum Gasteiger partial charge on any atom is 0.374 e. The first-order valence-electron chi connectivity index (χ1n) is 6.11. The minimum absolute atomic E-state index is 0.236. The standard InChI is InChI=1S/C12H13N5O2/c18-12(19)11-13-5-4-9(15-11)14-10-6-8(16-17-10)7-2-1-3-7/h4-7H,1-3H2,(H,18,19)(H2,13,14,15,16,17). The van der Waals surface area contributed by atoms with Gasteiger partial charge in [-0.25, -0.2) is 14.8 Å². The lowest BCUT2D eigenvalue weighted by molar-refractivity contribution is 0.0683. The number of H-pyrrole nitrogens is 1. The van der Waals surface area contributed by atoms with E-state index in [0.29, 0.717) is 17.6 Å². The number of rotatable bonds is 4. The Morgan fingerprint density at radius 1 is 1.42 bits per heavy atom. The molecule has 19 heavy (non-hydrogen) atoms. The number of aromatic amines is 1. The van der Waals surface area contributed by atoms with Gasteiger partial charge in [0, 0.05) is 23.9 Å². The number of carboxylic acid groups (broad SMARTS) is 1. The van der Waals surface area contributed by atoms with E-state index in [0.717, 1.165) is 5.69 Å². The largest absolute Gasteiger partial charge is 0.475 e. The molecule has 0 radical (unpaired) electrons. The molecule has 0 spiro atoms. The van der Waals surface area contributed by atoms with Gasteiger partial charge in [0.25, 0.3) is 0 Å². The molecule has 2 aromatic heterocycles. The second kappa shape index (κ2) is 4.68. The summed E-state index contributed by atoms with van der Waals surface area (Å²) in [7, 11) is 0. The Morgan fingerprint density at radius 3 is 2.95 bits per heavy atom. The van der Waals surface area contributed by atoms with E-state index in [1.807, 2.05) is 6.07 Å². The van der Waals surface area contributed by atoms with Gasteiger partial charge >= 0.3 is 5.97 Å². The molecule has 0 unspecified atom stereocenters. The van der Waals surface area contributed by atoms with Crippen molar-refractivity contribution in [3.63, 3.8) is 0 Å². The smallest absolute Gasteiger partial charge is 0.374 e. The van der Waals surface area contributed by atoms with Crippen LogP contribution in [0.3, 0.4) is 0 Å². The van der Waals surface area contributed by atoms with Crippen LogP contribution in [0.2, 0.25) is 0 Å². The zero-order valence-corrected chi connectivity index (χ0v) is 10.1. The number of hydrogen-bond acceptors (Lipinski definition) is 5. The predicted molar refractivity (Wildman–Crippen MR) is 67.5 cm³/mol. The SMILES string of the molecule is O=C(O)c1nccc(Nc2cc(C3CCC3)[nH]n2)n1. The summed E-state index contributed by atoms with van der Waals surface area (Å²) in [6.45, 7) is 0. The van der Waals surface area contributed by atoms with Crippen LogP contribution in [0.5, 0.6) is 0 Å². The fraction of sp³-hybridized carbons (Fsp3) is 0.333. The number of nitrogens with one attached hydrogen (secondary N) is 2. The average Bonchev–Trinajstić information content (AvgIpc) is 2.75. The molecular weight excluding hydrogens is 246 g/mol. The Balaban J connectivity index is 1.75. The van der Waals surface area contributed by atoms with Crippen LogP contribution in [0.15, 0.2) is 18.3 Å². The Morgan fingerprint density at radius 2 is 2.26 bits per heavy atom. The lowest BCUT2D eigenvalue weighted by Gasteiger charge is -2.23. The molecular formula is C12H13N5O2. The molecule has 0 amide bonds. The first-order chi connectivity index (χ1) is 9.22. The van der Waals surface area contributed by atoms with Crippen molar-refractivity contribution in [1.29, 1.82) is 0 Å². The molecule has 1 aliphatic rings. The number of carboxylic acids is 1. The molecule has 2 heterocycles. The van der Waals surface area contributed by atoms with Gasteiger partial charge in [-0.2, -0.15) is 5.10 Å². The summed E-state index contributed by atoms with van der Waals surface area (Å²) in [5, 5.41) is 18.9. The molecule has 7 nitrogen and oxygen atoms in total. The van der Waals surface area contributed by atoms with Gasteiger partial charge in [-0.15, -0.1) is 0 Å². The van der Waals surface area contributed by atoms with Gasteiger partial charge in [-0.05, 0) is 18.9 Å². The summed E-state index contributed by atoms with van der Waals surface area (Å²) >= 11 is 0. The molecule has 1 aliphatic carbocycles. The summed E-state index contributed by atoms with van der Waals surface area (Å²) < 4.78 is 0. The molecule has 3 N–H and O–H groups in total. The third-order valence-electron chi connectivity index (χ3n) is 3.25. The number of anilines is 2. The molecule has 7 heteroatoms. The highest BCUT2D eigenvalue weighted by Crippen LogP contribution is 2.36. The second-order valence-corrected chi connectivity index (χ2v) is 4.53. The van der Waals surface area contributed by atoms with Crippen molar-refractivity contribution in [2.75, 3.05) is 5.32 Å². The molecule has 3 rings (SSSR count). The zero-order valence-electron chi connectivity index (χ0n) is 10.1. The van der Waals surface area contributed by atoms with Gasteiger partial charge in [0.2, 0.25) is 5.82 Å². The van der Waals surface area contributed by atoms with Crippen molar-refractivity contribution in [1.82, 2.24) is 20.2 Å². The lowest BCUT2D eigenvalue weighted by Crippen LogP contribution is -2.08. The lowest BCUT2D eigenvalue weighted by atomic mass is 9.83. The van der Waals surface area contributed by atoms with E-state index in [9.17, 15) is 4.79 Å². The first kappa shape index (κ1) is 11.6. The summed E-state index contributed by atoms with van der Waals surface area (Å²) in [6, 6.07) is 3.54. The van der Waals surface area contributed by atoms with Gasteiger partial charge in [-0.3, -0.25) is 5.10 Å². The van der Waals surface area contributed by atoms with Crippen LogP contribution in [0.1, 0.15) is 41.5 Å². The molecule has 0 aliphatic heterocycles. The Hall–Kier alpha value is -2.44. The fourth-order valence-corrected chi connectivity index (χ4v) is 1.99. The van der Waals surface area contributed by atoms with Crippen LogP contribution in [-0.4, -0.2) is 31.2 Å². The highest BCUT2D eigenvalue weighted by atomic mass is 16.4. The van der Waals surface area contributed by atoms with Crippen LogP contribution in [0, 0.1) is 0 Å². The first-order valence-corrected chi connectivity index (χ1v) is 6.11. The quantitative estimate of drug-likeness (QED) is 0.774. The molecule has 0 aromatic carbocycles. The Kier molecular flexibility index (Phi) is 2.86. The van der Waals surface area contributed by atoms with Gasteiger partial charge < -0.3 is 10.4 Å². The number of nitrogens with zero attached hydrogens (tertiary/aromatic N) is 3. The van der Waals surface area contributed by atoms with Gasteiger partial charge in [0.15, 0.2) is 5.82 Å². The molecule has 0 atom stereocenters. The zero-order chi connectivity index (χ0) is 13.2. The van der Waals surface area contributed by atoms with E-state index in [1.54, 1.807) is 6.07 Å². The number of hydrogen-bond donors (Lipinski definition) is 3. The van der Waals surface area contributed by atoms with Crippen LogP contribution < -0.4 is 5.32 Å². The third kappa shape index (κ3) is 2.40. The van der Waals surface area contributed by atoms with Crippen LogP contribution >= 0.6 is 0 Å². The van der Waals surface area contributed by atoms with Crippen molar-refractivity contribution < 1.29 is 9.90 Å². The topological polar surface area (TPSA) is 104 Å². The highest BCUT2D eigenvalue weighted by Gasteiger charge is 2.21. The monoisotopic (exact) mass is 259 g/mol. The van der Waals surface area contributed by atoms with E-state index in [4.69, 9.17) is 5.11 Å². The summed E-state index contributed by atoms with van der Waals surface area (Å²) in [4.78, 5) is 18.3. The van der Waals surface area contributed by atoms with E-state index in [-0.39, 0.29) is 5.82 Å². The van der Waals surface area contributed by atoms with Gasteiger partial charge in [0.1, 0.15) is 5.82 Å². The van der Waals surface area contributed by atoms with Crippen molar-refractivity contribution in [3.05, 3.63) is 29.8 Å². The minimum atomic E-state index is -1.15. The van der Waals surface area contributed by atoms with Gasteiger partial charge in [0.05, 0.1) is 0 Å². The van der Waals surface area contributed by atoms with Crippen molar-refractivity contribution >= 4 is 17.6 Å². The van der Waals surface area contributed by atoms with Crippen LogP contribution in [0.4, 0.5) is 11.6 Å². The van der Waals surface area contributed by atoms with Gasteiger partial charge in [-0.1, -0.05) is 6.42 Å². The average molecular weight is 259 g/mol. The second-order valence-electron chi connectivity index (χ2n) is 4.53. The predicted octanol–water partition coefficient (Wildman–Crippen LogP) is 1.91. The normalized spacial score (nSPS) is 14.9. The van der Waals surface area contributed by atoms with E-state index in [2.05, 4.69) is 25.5 Å². The van der Waals surface area contributed by atoms with Crippen molar-refractivity contribution in [2.45, 2.75) is 25.2 Å². The Labute approximate surface area is 109 Å². The number of carbonyl (C=O) groups is 1. The number of aromatic carboxylic acids is 1. The van der Waals surface area contributed by atoms with Crippen molar-refractivity contribution in [3.8, 4) is 0 Å². The highest BCUT2D eigenvalue weighted by molar-refractivity contribution is 5.83. The summed E-state index contributed by atoms with van der Waals surface area (Å²) in [5.41, 5.74) is 1.11. The summed E-state index contributed by atoms with van der Waals surface area (Å²) in [6.07, 6.45) is 5.05. The molecule has 1 fully saturated rings. The fourth-order valence-electron chi connectivity index (χ4n) is 1.99. The van der Waals surface area contributed by atoms with E-state index >= 15 is 0 Å². The van der Waals surface area contributed by atoms with E-state index < -0.39 is 5.97 Å². The molecule has 0 saturated heterocycles. The molecule has 0 bridgehead atoms. The Bertz CT molecular complexity index is 606. The van der Waals surface area contributed by atoms with E-state index in [1.165, 1.54) is 25.5 Å². The van der Waals surface area contributed by atoms with Crippen LogP contribution in [0.25, 0.3) is 0 Å².